The van der Waals surface area contributed by atoms with Crippen LogP contribution in [0.25, 0.3) is 10.9 Å². The van der Waals surface area contributed by atoms with Gasteiger partial charge in [0.15, 0.2) is 0 Å². The predicted molar refractivity (Wildman–Crippen MR) is 117 cm³/mol. The molecule has 0 atom stereocenters. The van der Waals surface area contributed by atoms with E-state index in [0.717, 1.165) is 60.0 Å². The minimum Gasteiger partial charge on any atom is -0.490 e. The molecule has 0 unspecified atom stereocenters. The third kappa shape index (κ3) is 5.31. The highest BCUT2D eigenvalue weighted by atomic mass is 16.5. The molecule has 1 fully saturated rings. The second kappa shape index (κ2) is 10.7. The summed E-state index contributed by atoms with van der Waals surface area (Å²) in [5.74, 6) is 2.00. The van der Waals surface area contributed by atoms with E-state index in [1.54, 1.807) is 0 Å². The van der Waals surface area contributed by atoms with Gasteiger partial charge in [-0.2, -0.15) is 0 Å². The first-order valence-corrected chi connectivity index (χ1v) is 10.1. The highest BCUT2D eigenvalue weighted by molar-refractivity contribution is 5.84. The maximum atomic E-state index is 10.7. The summed E-state index contributed by atoms with van der Waals surface area (Å²) in [6.07, 6.45) is 5.02. The lowest BCUT2D eigenvalue weighted by molar-refractivity contribution is -0.107. The molecule has 3 N–H and O–H groups in total. The lowest BCUT2D eigenvalue weighted by Crippen LogP contribution is -2.34. The summed E-state index contributed by atoms with van der Waals surface area (Å²) >= 11 is 0. The highest BCUT2D eigenvalue weighted by Crippen LogP contribution is 2.32. The largest absolute Gasteiger partial charge is 0.490 e. The molecular weight excluding hydrogens is 380 g/mol. The molecule has 7 nitrogen and oxygen atoms in total. The van der Waals surface area contributed by atoms with Crippen LogP contribution in [0.3, 0.4) is 0 Å². The second-order valence-electron chi connectivity index (χ2n) is 7.00. The van der Waals surface area contributed by atoms with E-state index in [9.17, 15) is 4.79 Å². The minimum absolute atomic E-state index is 0.223. The number of aldehydes is 1. The number of ether oxygens (including phenoxy) is 2. The van der Waals surface area contributed by atoms with Gasteiger partial charge in [-0.15, -0.1) is 0 Å². The van der Waals surface area contributed by atoms with Crippen molar-refractivity contribution in [2.24, 2.45) is 5.73 Å². The van der Waals surface area contributed by atoms with Crippen molar-refractivity contribution in [1.82, 2.24) is 15.3 Å². The van der Waals surface area contributed by atoms with Crippen LogP contribution in [0.15, 0.2) is 42.7 Å². The molecule has 2 aromatic carbocycles. The number of hydrogen-bond donors (Lipinski definition) is 2. The smallest absolute Gasteiger partial charge is 0.230 e. The number of benzene rings is 2. The van der Waals surface area contributed by atoms with Crippen LogP contribution in [-0.2, 0) is 11.2 Å². The molecule has 3 aromatic rings. The van der Waals surface area contributed by atoms with E-state index >= 15 is 0 Å². The Labute approximate surface area is 176 Å². The number of piperidine rings is 1. The van der Waals surface area contributed by atoms with Crippen LogP contribution < -0.4 is 20.5 Å². The van der Waals surface area contributed by atoms with Crippen molar-refractivity contribution < 1.29 is 14.3 Å². The Kier molecular flexibility index (Phi) is 7.70. The van der Waals surface area contributed by atoms with Gasteiger partial charge in [0.1, 0.15) is 30.2 Å². The molecule has 1 saturated heterocycles. The summed E-state index contributed by atoms with van der Waals surface area (Å²) in [6.45, 7) is 3.92. The molecule has 0 spiro atoms. The van der Waals surface area contributed by atoms with Crippen molar-refractivity contribution in [3.63, 3.8) is 0 Å². The Hall–Kier alpha value is -3.03. The van der Waals surface area contributed by atoms with Crippen molar-refractivity contribution in [1.29, 1.82) is 0 Å². The molecule has 0 bridgehead atoms. The SMILES string of the molecule is CN.Cc1cc(CC=O)ccc1Oc1ncnc2ccc(OC3CCNCC3)cc12. The second-order valence-corrected chi connectivity index (χ2v) is 7.00. The average molecular weight is 409 g/mol. The summed E-state index contributed by atoms with van der Waals surface area (Å²) in [7, 11) is 1.50. The quantitative estimate of drug-likeness (QED) is 0.604. The first kappa shape index (κ1) is 21.7. The zero-order chi connectivity index (χ0) is 21.3. The molecule has 2 heterocycles. The molecule has 1 aliphatic heterocycles. The topological polar surface area (TPSA) is 99.4 Å². The van der Waals surface area contributed by atoms with Crippen LogP contribution in [0.5, 0.6) is 17.4 Å². The van der Waals surface area contributed by atoms with E-state index in [0.29, 0.717) is 18.1 Å². The summed E-state index contributed by atoms with van der Waals surface area (Å²) in [5, 5.41) is 4.15. The Morgan fingerprint density at radius 1 is 1.13 bits per heavy atom. The maximum absolute atomic E-state index is 10.7. The molecule has 4 rings (SSSR count). The van der Waals surface area contributed by atoms with E-state index in [-0.39, 0.29) is 6.10 Å². The lowest BCUT2D eigenvalue weighted by atomic mass is 10.1. The summed E-state index contributed by atoms with van der Waals surface area (Å²) in [5.41, 5.74) is 7.22. The van der Waals surface area contributed by atoms with Gasteiger partial charge in [-0.3, -0.25) is 0 Å². The molecule has 0 radical (unpaired) electrons. The van der Waals surface area contributed by atoms with Gasteiger partial charge in [0.2, 0.25) is 5.88 Å². The lowest BCUT2D eigenvalue weighted by Gasteiger charge is -2.24. The van der Waals surface area contributed by atoms with Crippen LogP contribution >= 0.6 is 0 Å². The van der Waals surface area contributed by atoms with Gasteiger partial charge in [-0.25, -0.2) is 9.97 Å². The Morgan fingerprint density at radius 3 is 2.67 bits per heavy atom. The number of rotatable bonds is 6. The standard InChI is InChI=1S/C22H23N3O3.CH5N/c1-15-12-16(8-11-26)2-5-21(15)28-22-19-13-18(3-4-20(19)24-14-25-22)27-17-6-9-23-10-7-17;1-2/h2-5,11-14,17,23H,6-10H2,1H3;2H2,1H3. The first-order chi connectivity index (χ1) is 14.7. The predicted octanol–water partition coefficient (Wildman–Crippen LogP) is 3.18. The molecule has 1 aromatic heterocycles. The van der Waals surface area contributed by atoms with E-state index in [4.69, 9.17) is 9.47 Å². The van der Waals surface area contributed by atoms with E-state index in [1.807, 2.05) is 43.3 Å². The zero-order valence-corrected chi connectivity index (χ0v) is 17.4. The minimum atomic E-state index is 0.223. The molecule has 0 aliphatic carbocycles. The molecular formula is C23H28N4O3. The molecule has 7 heteroatoms. The van der Waals surface area contributed by atoms with Crippen LogP contribution in [0, 0.1) is 6.92 Å². The number of aryl methyl sites for hydroxylation is 1. The number of carbonyl (C=O) groups is 1. The number of carbonyl (C=O) groups excluding carboxylic acids is 1. The van der Waals surface area contributed by atoms with Crippen molar-refractivity contribution in [2.45, 2.75) is 32.3 Å². The number of aromatic nitrogens is 2. The van der Waals surface area contributed by atoms with Crippen molar-refractivity contribution in [3.8, 4) is 17.4 Å². The van der Waals surface area contributed by atoms with Crippen molar-refractivity contribution in [2.75, 3.05) is 20.1 Å². The number of nitrogens with one attached hydrogen (secondary N) is 1. The molecule has 0 saturated carbocycles. The van der Waals surface area contributed by atoms with Crippen LogP contribution in [-0.4, -0.2) is 42.5 Å². The van der Waals surface area contributed by atoms with Gasteiger partial charge in [0.25, 0.3) is 0 Å². The Morgan fingerprint density at radius 2 is 1.93 bits per heavy atom. The average Bonchev–Trinajstić information content (AvgIpc) is 2.78. The molecule has 1 aliphatic rings. The molecule has 0 amide bonds. The summed E-state index contributed by atoms with van der Waals surface area (Å²) in [4.78, 5) is 19.4. The fourth-order valence-electron chi connectivity index (χ4n) is 3.43. The van der Waals surface area contributed by atoms with Gasteiger partial charge >= 0.3 is 0 Å². The van der Waals surface area contributed by atoms with Gasteiger partial charge in [-0.1, -0.05) is 12.1 Å². The van der Waals surface area contributed by atoms with E-state index in [1.165, 1.54) is 13.4 Å². The molecule has 158 valence electrons. The fourth-order valence-corrected chi connectivity index (χ4v) is 3.43. The zero-order valence-electron chi connectivity index (χ0n) is 17.4. The number of nitrogens with zero attached hydrogens (tertiary/aromatic N) is 2. The monoisotopic (exact) mass is 408 g/mol. The third-order valence-electron chi connectivity index (χ3n) is 4.92. The highest BCUT2D eigenvalue weighted by Gasteiger charge is 2.16. The van der Waals surface area contributed by atoms with Gasteiger partial charge in [-0.05, 0) is 75.3 Å². The van der Waals surface area contributed by atoms with Gasteiger partial charge in [0.05, 0.1) is 10.9 Å². The Bertz CT molecular complexity index is 987. The van der Waals surface area contributed by atoms with Crippen LogP contribution in [0.4, 0.5) is 0 Å². The first-order valence-electron chi connectivity index (χ1n) is 10.1. The Balaban J connectivity index is 0.00000124. The van der Waals surface area contributed by atoms with Gasteiger partial charge in [0, 0.05) is 6.42 Å². The number of hydrogen-bond acceptors (Lipinski definition) is 7. The third-order valence-corrected chi connectivity index (χ3v) is 4.92. The van der Waals surface area contributed by atoms with Gasteiger partial charge < -0.3 is 25.3 Å². The number of nitrogens with two attached hydrogens (primary N) is 1. The maximum Gasteiger partial charge on any atom is 0.230 e. The van der Waals surface area contributed by atoms with Crippen molar-refractivity contribution >= 4 is 17.2 Å². The van der Waals surface area contributed by atoms with E-state index < -0.39 is 0 Å². The number of fused-ring (bicyclic) bond motifs is 1. The molecule has 30 heavy (non-hydrogen) atoms. The normalized spacial score (nSPS) is 14.0. The van der Waals surface area contributed by atoms with Crippen LogP contribution in [0.1, 0.15) is 24.0 Å². The summed E-state index contributed by atoms with van der Waals surface area (Å²) < 4.78 is 12.2. The fraction of sp³-hybridized carbons (Fsp3) is 0.348. The summed E-state index contributed by atoms with van der Waals surface area (Å²) in [6, 6.07) is 11.5. The van der Waals surface area contributed by atoms with Crippen molar-refractivity contribution in [3.05, 3.63) is 53.9 Å². The van der Waals surface area contributed by atoms with Crippen LogP contribution in [0.2, 0.25) is 0 Å². The van der Waals surface area contributed by atoms with E-state index in [2.05, 4.69) is 21.0 Å².